The van der Waals surface area contributed by atoms with Crippen LogP contribution in [-0.4, -0.2) is 47.1 Å². The maximum Gasteiger partial charge on any atom is 0.319 e. The highest BCUT2D eigenvalue weighted by atomic mass is 19.1. The zero-order chi connectivity index (χ0) is 21.6. The van der Waals surface area contributed by atoms with Crippen molar-refractivity contribution in [2.75, 3.05) is 18.4 Å². The van der Waals surface area contributed by atoms with Gasteiger partial charge in [0, 0.05) is 12.6 Å². The molecule has 0 aromatic heterocycles. The number of carbonyl (C=O) groups excluding carboxylic acids is 3. The number of carbonyl (C=O) groups is 3. The highest BCUT2D eigenvalue weighted by Crippen LogP contribution is 2.27. The maximum atomic E-state index is 13.7. The third-order valence-electron chi connectivity index (χ3n) is 4.87. The second kappa shape index (κ2) is 10.1. The van der Waals surface area contributed by atoms with Crippen LogP contribution < -0.4 is 16.1 Å². The van der Waals surface area contributed by atoms with E-state index in [0.29, 0.717) is 6.54 Å². The average Bonchev–Trinajstić information content (AvgIpc) is 2.63. The van der Waals surface area contributed by atoms with E-state index in [2.05, 4.69) is 10.6 Å². The molecule has 160 valence electrons. The molecule has 8 nitrogen and oxygen atoms in total. The predicted molar refractivity (Wildman–Crippen MR) is 101 cm³/mol. The summed E-state index contributed by atoms with van der Waals surface area (Å²) in [6, 6.07) is 0.748. The first kappa shape index (κ1) is 22.5. The molecule has 0 radical (unpaired) electrons. The number of urea groups is 1. The number of halogens is 2. The van der Waals surface area contributed by atoms with Gasteiger partial charge in [0.15, 0.2) is 0 Å². The van der Waals surface area contributed by atoms with Crippen LogP contribution in [0.25, 0.3) is 0 Å². The summed E-state index contributed by atoms with van der Waals surface area (Å²) in [5.74, 6) is -2.86. The highest BCUT2D eigenvalue weighted by molar-refractivity contribution is 5.94. The van der Waals surface area contributed by atoms with Gasteiger partial charge in [-0.2, -0.15) is 0 Å². The lowest BCUT2D eigenvalue weighted by Crippen LogP contribution is -2.55. The molecule has 0 unspecified atom stereocenters. The summed E-state index contributed by atoms with van der Waals surface area (Å²) in [5, 5.41) is 13.5. The molecule has 1 aromatic carbocycles. The Hall–Kier alpha value is -2.75. The summed E-state index contributed by atoms with van der Waals surface area (Å²) in [5.41, 5.74) is 1.15. The zero-order valence-electron chi connectivity index (χ0n) is 16.4. The van der Waals surface area contributed by atoms with E-state index in [4.69, 9.17) is 5.21 Å². The van der Waals surface area contributed by atoms with Crippen LogP contribution in [0.2, 0.25) is 0 Å². The first-order chi connectivity index (χ1) is 13.7. The molecule has 1 aliphatic rings. The van der Waals surface area contributed by atoms with Crippen molar-refractivity contribution >= 4 is 23.5 Å². The number of nitrogens with one attached hydrogen (secondary N) is 3. The number of amides is 4. The minimum absolute atomic E-state index is 0.258. The van der Waals surface area contributed by atoms with Crippen molar-refractivity contribution in [3.05, 3.63) is 29.8 Å². The van der Waals surface area contributed by atoms with Gasteiger partial charge in [0.05, 0.1) is 5.69 Å². The Labute approximate surface area is 167 Å². The SMILES string of the molecule is CC(C)[C@H](NC(=O)Nc1cc(F)ccc1F)C(=O)N(CC(=O)NO)CC1CCC1. The van der Waals surface area contributed by atoms with Gasteiger partial charge in [0.25, 0.3) is 5.91 Å². The molecule has 10 heteroatoms. The zero-order valence-corrected chi connectivity index (χ0v) is 16.4. The molecule has 0 saturated heterocycles. The third-order valence-corrected chi connectivity index (χ3v) is 4.87. The standard InChI is InChI=1S/C19H26F2N4O4/c1-11(2)17(23-19(28)22-15-8-13(20)6-7-14(15)21)18(27)25(10-16(26)24-29)9-12-4-3-5-12/h6-8,11-12,17,29H,3-5,9-10H2,1-2H3,(H,24,26)(H2,22,23,28)/t17-/m0/s1. The summed E-state index contributed by atoms with van der Waals surface area (Å²) in [4.78, 5) is 38.2. The summed E-state index contributed by atoms with van der Waals surface area (Å²) in [7, 11) is 0. The van der Waals surface area contributed by atoms with Crippen molar-refractivity contribution < 1.29 is 28.4 Å². The molecule has 0 spiro atoms. The smallest absolute Gasteiger partial charge is 0.319 e. The number of hydrogen-bond acceptors (Lipinski definition) is 4. The van der Waals surface area contributed by atoms with Gasteiger partial charge in [-0.25, -0.2) is 19.1 Å². The summed E-state index contributed by atoms with van der Waals surface area (Å²) < 4.78 is 27.0. The third kappa shape index (κ3) is 6.38. The number of hydrogen-bond donors (Lipinski definition) is 4. The van der Waals surface area contributed by atoms with Gasteiger partial charge in [-0.3, -0.25) is 14.8 Å². The van der Waals surface area contributed by atoms with E-state index < -0.39 is 35.5 Å². The van der Waals surface area contributed by atoms with Crippen molar-refractivity contribution in [3.8, 4) is 0 Å². The molecule has 4 amide bonds. The minimum atomic E-state index is -1.00. The van der Waals surface area contributed by atoms with Crippen LogP contribution in [0.15, 0.2) is 18.2 Å². The lowest BCUT2D eigenvalue weighted by molar-refractivity contribution is -0.142. The fourth-order valence-electron chi connectivity index (χ4n) is 3.03. The Kier molecular flexibility index (Phi) is 7.89. The predicted octanol–water partition coefficient (Wildman–Crippen LogP) is 2.24. The molecule has 0 aliphatic heterocycles. The van der Waals surface area contributed by atoms with Gasteiger partial charge in [-0.1, -0.05) is 20.3 Å². The number of benzene rings is 1. The van der Waals surface area contributed by atoms with Crippen LogP contribution in [0, 0.1) is 23.5 Å². The van der Waals surface area contributed by atoms with Crippen LogP contribution in [0.5, 0.6) is 0 Å². The quantitative estimate of drug-likeness (QED) is 0.388. The van der Waals surface area contributed by atoms with E-state index in [9.17, 15) is 23.2 Å². The van der Waals surface area contributed by atoms with Crippen molar-refractivity contribution in [3.63, 3.8) is 0 Å². The van der Waals surface area contributed by atoms with Crippen LogP contribution in [0.4, 0.5) is 19.3 Å². The van der Waals surface area contributed by atoms with E-state index in [-0.39, 0.29) is 24.1 Å². The topological polar surface area (TPSA) is 111 Å². The Morgan fingerprint density at radius 2 is 1.93 bits per heavy atom. The Bertz CT molecular complexity index is 756. The Morgan fingerprint density at radius 1 is 1.24 bits per heavy atom. The van der Waals surface area contributed by atoms with Crippen LogP contribution in [-0.2, 0) is 9.59 Å². The molecule has 2 rings (SSSR count). The van der Waals surface area contributed by atoms with Crippen LogP contribution >= 0.6 is 0 Å². The van der Waals surface area contributed by atoms with Gasteiger partial charge in [-0.15, -0.1) is 0 Å². The van der Waals surface area contributed by atoms with Crippen LogP contribution in [0.1, 0.15) is 33.1 Å². The number of rotatable bonds is 8. The molecule has 0 bridgehead atoms. The maximum absolute atomic E-state index is 13.7. The van der Waals surface area contributed by atoms with Crippen molar-refractivity contribution in [2.24, 2.45) is 11.8 Å². The van der Waals surface area contributed by atoms with E-state index in [1.54, 1.807) is 13.8 Å². The second-order valence-electron chi connectivity index (χ2n) is 7.49. The van der Waals surface area contributed by atoms with Gasteiger partial charge in [-0.05, 0) is 36.8 Å². The summed E-state index contributed by atoms with van der Waals surface area (Å²) in [6.45, 7) is 3.40. The van der Waals surface area contributed by atoms with E-state index >= 15 is 0 Å². The molecular formula is C19H26F2N4O4. The number of anilines is 1. The molecule has 29 heavy (non-hydrogen) atoms. The average molecular weight is 412 g/mol. The monoisotopic (exact) mass is 412 g/mol. The fourth-order valence-corrected chi connectivity index (χ4v) is 3.03. The second-order valence-corrected chi connectivity index (χ2v) is 7.49. The van der Waals surface area contributed by atoms with Crippen molar-refractivity contribution in [1.29, 1.82) is 0 Å². The molecule has 1 saturated carbocycles. The van der Waals surface area contributed by atoms with E-state index in [1.807, 2.05) is 0 Å². The van der Waals surface area contributed by atoms with Crippen molar-refractivity contribution in [2.45, 2.75) is 39.2 Å². The lowest BCUT2D eigenvalue weighted by Gasteiger charge is -2.34. The molecule has 1 aliphatic carbocycles. The number of hydroxylamine groups is 1. The molecule has 0 heterocycles. The van der Waals surface area contributed by atoms with E-state index in [1.165, 1.54) is 10.4 Å². The van der Waals surface area contributed by atoms with Gasteiger partial charge in [0.1, 0.15) is 24.2 Å². The lowest BCUT2D eigenvalue weighted by atomic mass is 9.85. The van der Waals surface area contributed by atoms with Gasteiger partial charge >= 0.3 is 6.03 Å². The van der Waals surface area contributed by atoms with Crippen molar-refractivity contribution in [1.82, 2.24) is 15.7 Å². The van der Waals surface area contributed by atoms with E-state index in [0.717, 1.165) is 37.5 Å². The number of nitrogens with zero attached hydrogens (tertiary/aromatic N) is 1. The summed E-state index contributed by atoms with van der Waals surface area (Å²) in [6.07, 6.45) is 2.92. The largest absolute Gasteiger partial charge is 0.331 e. The molecular weight excluding hydrogens is 386 g/mol. The summed E-state index contributed by atoms with van der Waals surface area (Å²) >= 11 is 0. The normalized spacial score (nSPS) is 14.7. The van der Waals surface area contributed by atoms with Gasteiger partial charge in [0.2, 0.25) is 5.91 Å². The highest BCUT2D eigenvalue weighted by Gasteiger charge is 2.32. The first-order valence-corrected chi connectivity index (χ1v) is 9.45. The fraction of sp³-hybridized carbons (Fsp3) is 0.526. The minimum Gasteiger partial charge on any atom is -0.331 e. The Balaban J connectivity index is 2.09. The first-order valence-electron chi connectivity index (χ1n) is 9.45. The molecule has 1 atom stereocenters. The van der Waals surface area contributed by atoms with Crippen LogP contribution in [0.3, 0.4) is 0 Å². The Morgan fingerprint density at radius 3 is 2.48 bits per heavy atom. The molecule has 1 aromatic rings. The molecule has 4 N–H and O–H groups in total. The molecule has 1 fully saturated rings. The van der Waals surface area contributed by atoms with Gasteiger partial charge < -0.3 is 15.5 Å².